The molecule has 2 aromatic rings. The molecule has 0 saturated carbocycles. The van der Waals surface area contributed by atoms with E-state index in [1.807, 2.05) is 0 Å². The largest absolute Gasteiger partial charge is 0.435 e. The van der Waals surface area contributed by atoms with Gasteiger partial charge in [-0.1, -0.05) is 18.2 Å². The van der Waals surface area contributed by atoms with Crippen molar-refractivity contribution in [2.75, 3.05) is 5.32 Å². The molecule has 0 saturated heterocycles. The fourth-order valence-corrected chi connectivity index (χ4v) is 3.37. The molecule has 152 valence electrons. The molecule has 0 unspecified atom stereocenters. The minimum absolute atomic E-state index is 0.0877. The lowest BCUT2D eigenvalue weighted by molar-refractivity contribution is -0.348. The summed E-state index contributed by atoms with van der Waals surface area (Å²) in [5.74, 6) is -2.77. The van der Waals surface area contributed by atoms with Crippen LogP contribution in [0.5, 0.6) is 0 Å². The van der Waals surface area contributed by atoms with Crippen LogP contribution in [0.2, 0.25) is 0 Å². The van der Waals surface area contributed by atoms with E-state index in [0.717, 1.165) is 24.3 Å². The van der Waals surface area contributed by atoms with Crippen LogP contribution in [0, 0.1) is 0 Å². The van der Waals surface area contributed by atoms with Gasteiger partial charge >= 0.3 is 18.0 Å². The first-order chi connectivity index (χ1) is 12.7. The molecule has 5 nitrogen and oxygen atoms in total. The summed E-state index contributed by atoms with van der Waals surface area (Å²) in [6.45, 7) is 0. The monoisotopic (exact) mass is 427 g/mol. The van der Waals surface area contributed by atoms with Crippen LogP contribution in [0.1, 0.15) is 0 Å². The number of carbonyl (C=O) groups excluding carboxylic acids is 1. The molecule has 2 aromatic carbocycles. The van der Waals surface area contributed by atoms with Crippen LogP contribution < -0.4 is 5.32 Å². The number of aliphatic hydroxyl groups is 1. The van der Waals surface area contributed by atoms with E-state index in [-0.39, 0.29) is 9.79 Å². The molecule has 2 rings (SSSR count). The number of alkyl halides is 6. The lowest BCUT2D eigenvalue weighted by Gasteiger charge is -2.30. The summed E-state index contributed by atoms with van der Waals surface area (Å²) in [6.07, 6.45) is -12.7. The van der Waals surface area contributed by atoms with Crippen LogP contribution >= 0.6 is 0 Å². The van der Waals surface area contributed by atoms with Crippen molar-refractivity contribution < 1.29 is 44.7 Å². The molecule has 0 spiro atoms. The Morgan fingerprint density at radius 1 is 0.786 bits per heavy atom. The summed E-state index contributed by atoms with van der Waals surface area (Å²) in [5.41, 5.74) is -6.21. The number of benzene rings is 2. The first kappa shape index (κ1) is 21.7. The van der Waals surface area contributed by atoms with Crippen molar-refractivity contribution >= 4 is 21.4 Å². The van der Waals surface area contributed by atoms with E-state index in [9.17, 15) is 39.6 Å². The summed E-state index contributed by atoms with van der Waals surface area (Å²) in [7, 11) is -3.98. The van der Waals surface area contributed by atoms with Crippen molar-refractivity contribution in [3.63, 3.8) is 0 Å². The van der Waals surface area contributed by atoms with Gasteiger partial charge in [-0.05, 0) is 36.4 Å². The highest BCUT2D eigenvalue weighted by Gasteiger charge is 2.75. The Labute approximate surface area is 154 Å². The molecule has 2 N–H and O–H groups in total. The van der Waals surface area contributed by atoms with Crippen molar-refractivity contribution in [2.45, 2.75) is 27.7 Å². The molecule has 0 aliphatic carbocycles. The van der Waals surface area contributed by atoms with Crippen LogP contribution in [0.4, 0.5) is 32.0 Å². The van der Waals surface area contributed by atoms with E-state index in [2.05, 4.69) is 0 Å². The molecule has 0 aliphatic heterocycles. The van der Waals surface area contributed by atoms with Crippen LogP contribution in [0.3, 0.4) is 0 Å². The maximum atomic E-state index is 12.7. The number of carbonyl (C=O) groups is 1. The van der Waals surface area contributed by atoms with Crippen LogP contribution in [0.15, 0.2) is 64.4 Å². The van der Waals surface area contributed by atoms with Gasteiger partial charge in [0.25, 0.3) is 5.91 Å². The Balaban J connectivity index is 2.31. The second kappa shape index (κ2) is 7.09. The topological polar surface area (TPSA) is 83.5 Å². The van der Waals surface area contributed by atoms with E-state index in [1.165, 1.54) is 29.6 Å². The summed E-state index contributed by atoms with van der Waals surface area (Å²) in [5, 5.41) is 10.3. The minimum atomic E-state index is -6.33. The summed E-state index contributed by atoms with van der Waals surface area (Å²) >= 11 is 0. The highest BCUT2D eigenvalue weighted by molar-refractivity contribution is 7.91. The minimum Gasteiger partial charge on any atom is -0.366 e. The van der Waals surface area contributed by atoms with E-state index in [0.29, 0.717) is 0 Å². The van der Waals surface area contributed by atoms with Gasteiger partial charge in [-0.15, -0.1) is 0 Å². The fourth-order valence-electron chi connectivity index (χ4n) is 2.09. The zero-order valence-electron chi connectivity index (χ0n) is 13.5. The quantitative estimate of drug-likeness (QED) is 0.734. The number of rotatable bonds is 4. The van der Waals surface area contributed by atoms with E-state index < -0.39 is 39.4 Å². The van der Waals surface area contributed by atoms with Gasteiger partial charge in [-0.25, -0.2) is 8.42 Å². The molecule has 12 heteroatoms. The Morgan fingerprint density at radius 3 is 1.64 bits per heavy atom. The van der Waals surface area contributed by atoms with Gasteiger partial charge in [0.2, 0.25) is 9.84 Å². The summed E-state index contributed by atoms with van der Waals surface area (Å²) in [6, 6.07) is 10.4. The second-order valence-electron chi connectivity index (χ2n) is 5.50. The third-order valence-electron chi connectivity index (χ3n) is 3.63. The van der Waals surface area contributed by atoms with Gasteiger partial charge in [-0.3, -0.25) is 4.79 Å². The molecular weight excluding hydrogens is 416 g/mol. The van der Waals surface area contributed by atoms with Crippen molar-refractivity contribution in [3.8, 4) is 0 Å². The van der Waals surface area contributed by atoms with Gasteiger partial charge < -0.3 is 10.4 Å². The molecule has 1 amide bonds. The predicted molar refractivity (Wildman–Crippen MR) is 84.0 cm³/mol. The average Bonchev–Trinajstić information content (AvgIpc) is 2.60. The van der Waals surface area contributed by atoms with E-state index in [4.69, 9.17) is 5.11 Å². The molecule has 0 fully saturated rings. The smallest absolute Gasteiger partial charge is 0.366 e. The summed E-state index contributed by atoms with van der Waals surface area (Å²) < 4.78 is 101. The predicted octanol–water partition coefficient (Wildman–Crippen LogP) is 3.31. The number of anilines is 1. The van der Waals surface area contributed by atoms with Gasteiger partial charge in [0, 0.05) is 5.69 Å². The average molecular weight is 427 g/mol. The highest BCUT2D eigenvalue weighted by atomic mass is 32.2. The number of sulfone groups is 1. The maximum Gasteiger partial charge on any atom is 0.435 e. The molecule has 0 aromatic heterocycles. The lowest BCUT2D eigenvalue weighted by atomic mass is 10.0. The third kappa shape index (κ3) is 3.83. The van der Waals surface area contributed by atoms with Crippen molar-refractivity contribution in [2.24, 2.45) is 0 Å². The van der Waals surface area contributed by atoms with Crippen LogP contribution in [0.25, 0.3) is 0 Å². The van der Waals surface area contributed by atoms with Gasteiger partial charge in [0.1, 0.15) is 0 Å². The van der Waals surface area contributed by atoms with Crippen LogP contribution in [-0.2, 0) is 14.6 Å². The molecule has 0 atom stereocenters. The zero-order valence-corrected chi connectivity index (χ0v) is 14.4. The number of hydrogen-bond donors (Lipinski definition) is 2. The van der Waals surface area contributed by atoms with Gasteiger partial charge in [-0.2, -0.15) is 26.3 Å². The standard InChI is InChI=1S/C16H11F6NO4S/c17-15(18,19)14(25,16(20,21)22)13(24)23-10-6-8-12(9-7-10)28(26,27)11-4-2-1-3-5-11/h1-9,25H,(H,23,24). The fraction of sp³-hybridized carbons (Fsp3) is 0.188. The molecule has 28 heavy (non-hydrogen) atoms. The maximum absolute atomic E-state index is 12.7. The molecule has 0 aliphatic rings. The molecule has 0 radical (unpaired) electrons. The molecule has 0 heterocycles. The first-order valence-corrected chi connectivity index (χ1v) is 8.77. The third-order valence-corrected chi connectivity index (χ3v) is 5.41. The summed E-state index contributed by atoms with van der Waals surface area (Å²) in [4.78, 5) is 11.1. The SMILES string of the molecule is O=C(Nc1ccc(S(=O)(=O)c2ccccc2)cc1)C(O)(C(F)(F)F)C(F)(F)F. The highest BCUT2D eigenvalue weighted by Crippen LogP contribution is 2.43. The van der Waals surface area contributed by atoms with Gasteiger partial charge in [0.15, 0.2) is 0 Å². The Kier molecular flexibility index (Phi) is 5.50. The molecule has 0 bridgehead atoms. The number of hydrogen-bond acceptors (Lipinski definition) is 4. The Bertz CT molecular complexity index is 939. The van der Waals surface area contributed by atoms with E-state index >= 15 is 0 Å². The van der Waals surface area contributed by atoms with E-state index in [1.54, 1.807) is 6.07 Å². The van der Waals surface area contributed by atoms with Gasteiger partial charge in [0.05, 0.1) is 9.79 Å². The normalized spacial score (nSPS) is 13.2. The number of nitrogens with one attached hydrogen (secondary N) is 1. The second-order valence-corrected chi connectivity index (χ2v) is 7.45. The first-order valence-electron chi connectivity index (χ1n) is 7.29. The zero-order chi connectivity index (χ0) is 21.4. The number of halogens is 6. The Morgan fingerprint density at radius 2 is 1.21 bits per heavy atom. The van der Waals surface area contributed by atoms with Crippen molar-refractivity contribution in [1.29, 1.82) is 0 Å². The van der Waals surface area contributed by atoms with Crippen molar-refractivity contribution in [1.82, 2.24) is 0 Å². The number of amides is 1. The van der Waals surface area contributed by atoms with Crippen LogP contribution in [-0.4, -0.2) is 37.4 Å². The lowest BCUT2D eigenvalue weighted by Crippen LogP contribution is -2.64. The Hall–Kier alpha value is -2.60. The molecular formula is C16H11F6NO4S. The van der Waals surface area contributed by atoms with Crippen molar-refractivity contribution in [3.05, 3.63) is 54.6 Å².